The van der Waals surface area contributed by atoms with Gasteiger partial charge in [-0.3, -0.25) is 9.80 Å². The summed E-state index contributed by atoms with van der Waals surface area (Å²) in [6.45, 7) is 5.08. The number of likely N-dealkylation sites (N-methyl/N-ethyl adjacent to an activating group) is 1. The molecule has 1 aromatic carbocycles. The highest BCUT2D eigenvalue weighted by molar-refractivity contribution is 7.16. The average molecular weight is 289 g/mol. The van der Waals surface area contributed by atoms with Gasteiger partial charge in [0.1, 0.15) is 0 Å². The molecule has 106 valence electrons. The lowest BCUT2D eigenvalue weighted by Crippen LogP contribution is -2.48. The van der Waals surface area contributed by atoms with Crippen LogP contribution in [-0.2, 0) is 11.3 Å². The molecular weight excluding hydrogens is 270 g/mol. The molecule has 0 spiro atoms. The van der Waals surface area contributed by atoms with Crippen molar-refractivity contribution in [3.05, 3.63) is 29.3 Å². The lowest BCUT2D eigenvalue weighted by molar-refractivity contribution is -0.0370. The number of aromatic nitrogens is 1. The fraction of sp³-hybridized carbons (Fsp3) is 0.533. The molecule has 2 saturated heterocycles. The molecule has 0 saturated carbocycles. The first-order chi connectivity index (χ1) is 9.81. The summed E-state index contributed by atoms with van der Waals surface area (Å²) < 4.78 is 7.25. The predicted molar refractivity (Wildman–Crippen MR) is 81.1 cm³/mol. The third-order valence-corrected chi connectivity index (χ3v) is 5.40. The number of ether oxygens (including phenoxy) is 1. The van der Waals surface area contributed by atoms with Crippen LogP contribution in [0.2, 0.25) is 0 Å². The molecule has 0 aliphatic carbocycles. The van der Waals surface area contributed by atoms with Crippen molar-refractivity contribution in [1.82, 2.24) is 14.8 Å². The van der Waals surface area contributed by atoms with E-state index < -0.39 is 0 Å². The second kappa shape index (κ2) is 5.07. The molecule has 2 aliphatic rings. The number of fused-ring (bicyclic) bond motifs is 2. The highest BCUT2D eigenvalue weighted by atomic mass is 32.1. The fourth-order valence-electron chi connectivity index (χ4n) is 3.37. The van der Waals surface area contributed by atoms with E-state index in [4.69, 9.17) is 4.74 Å². The summed E-state index contributed by atoms with van der Waals surface area (Å²) in [5.74, 6) is 0. The Morgan fingerprint density at radius 3 is 3.25 bits per heavy atom. The van der Waals surface area contributed by atoms with Crippen LogP contribution in [0.3, 0.4) is 0 Å². The van der Waals surface area contributed by atoms with Crippen LogP contribution in [0.5, 0.6) is 0 Å². The van der Waals surface area contributed by atoms with E-state index in [0.29, 0.717) is 12.1 Å². The third kappa shape index (κ3) is 2.15. The van der Waals surface area contributed by atoms with Gasteiger partial charge in [-0.05, 0) is 18.7 Å². The Labute approximate surface area is 123 Å². The smallest absolute Gasteiger partial charge is 0.0869 e. The Bertz CT molecular complexity index is 614. The molecule has 0 radical (unpaired) electrons. The van der Waals surface area contributed by atoms with Crippen LogP contribution in [0, 0.1) is 0 Å². The summed E-state index contributed by atoms with van der Waals surface area (Å²) in [6, 6.07) is 7.00. The zero-order valence-electron chi connectivity index (χ0n) is 11.7. The van der Waals surface area contributed by atoms with Crippen molar-refractivity contribution in [1.29, 1.82) is 0 Å². The molecule has 0 unspecified atom stereocenters. The van der Waals surface area contributed by atoms with Crippen LogP contribution < -0.4 is 0 Å². The highest BCUT2D eigenvalue weighted by Crippen LogP contribution is 2.27. The van der Waals surface area contributed by atoms with E-state index in [0.717, 1.165) is 38.3 Å². The first-order valence-electron chi connectivity index (χ1n) is 7.16. The predicted octanol–water partition coefficient (Wildman–Crippen LogP) is 1.81. The molecule has 2 aliphatic heterocycles. The van der Waals surface area contributed by atoms with Gasteiger partial charge in [-0.15, -0.1) is 11.3 Å². The fourth-order valence-corrected chi connectivity index (χ4v) is 4.17. The minimum Gasteiger partial charge on any atom is -0.374 e. The molecule has 20 heavy (non-hydrogen) atoms. The van der Waals surface area contributed by atoms with Crippen molar-refractivity contribution in [2.75, 3.05) is 33.3 Å². The molecule has 2 aromatic rings. The van der Waals surface area contributed by atoms with E-state index in [2.05, 4.69) is 40.0 Å². The van der Waals surface area contributed by atoms with Crippen LogP contribution in [0.15, 0.2) is 23.7 Å². The van der Waals surface area contributed by atoms with Gasteiger partial charge >= 0.3 is 0 Å². The quantitative estimate of drug-likeness (QED) is 0.843. The van der Waals surface area contributed by atoms with Gasteiger partial charge in [-0.25, -0.2) is 4.98 Å². The van der Waals surface area contributed by atoms with Crippen molar-refractivity contribution >= 4 is 21.6 Å². The summed E-state index contributed by atoms with van der Waals surface area (Å²) in [4.78, 5) is 9.37. The highest BCUT2D eigenvalue weighted by Gasteiger charge is 2.38. The number of thiazole rings is 1. The second-order valence-electron chi connectivity index (χ2n) is 5.77. The molecule has 0 bridgehead atoms. The second-order valence-corrected chi connectivity index (χ2v) is 6.62. The van der Waals surface area contributed by atoms with Crippen LogP contribution in [0.1, 0.15) is 5.56 Å². The van der Waals surface area contributed by atoms with Crippen LogP contribution in [0.25, 0.3) is 10.2 Å². The van der Waals surface area contributed by atoms with E-state index in [9.17, 15) is 0 Å². The van der Waals surface area contributed by atoms with Gasteiger partial charge < -0.3 is 4.74 Å². The normalized spacial score (nSPS) is 28.1. The molecular formula is C15H19N3OS. The first kappa shape index (κ1) is 12.7. The maximum atomic E-state index is 5.92. The summed E-state index contributed by atoms with van der Waals surface area (Å²) in [5.41, 5.74) is 4.46. The average Bonchev–Trinajstić information content (AvgIpc) is 3.06. The van der Waals surface area contributed by atoms with E-state index >= 15 is 0 Å². The van der Waals surface area contributed by atoms with Gasteiger partial charge in [-0.1, -0.05) is 12.1 Å². The standard InChI is InChI=1S/C15H19N3OS/c1-17-5-6-19-14-9-18(8-13(14)17)7-11-3-2-4-12-15(11)20-10-16-12/h2-4,10,13-14H,5-9H2,1H3/t13-,14-/m0/s1. The minimum atomic E-state index is 0.384. The van der Waals surface area contributed by atoms with Gasteiger partial charge in [0.15, 0.2) is 0 Å². The van der Waals surface area contributed by atoms with Crippen LogP contribution in [-0.4, -0.2) is 60.2 Å². The van der Waals surface area contributed by atoms with Crippen molar-refractivity contribution < 1.29 is 4.74 Å². The Morgan fingerprint density at radius 1 is 1.40 bits per heavy atom. The molecule has 0 amide bonds. The topological polar surface area (TPSA) is 28.6 Å². The van der Waals surface area contributed by atoms with Crippen molar-refractivity contribution in [3.63, 3.8) is 0 Å². The molecule has 4 rings (SSSR count). The maximum absolute atomic E-state index is 5.92. The van der Waals surface area contributed by atoms with E-state index in [1.54, 1.807) is 11.3 Å². The number of nitrogens with zero attached hydrogens (tertiary/aromatic N) is 3. The molecule has 2 fully saturated rings. The van der Waals surface area contributed by atoms with Gasteiger partial charge in [0, 0.05) is 32.2 Å². The number of hydrogen-bond acceptors (Lipinski definition) is 5. The van der Waals surface area contributed by atoms with Crippen LogP contribution >= 0.6 is 11.3 Å². The van der Waals surface area contributed by atoms with E-state index in [1.807, 2.05) is 5.51 Å². The minimum absolute atomic E-state index is 0.384. The third-order valence-electron chi connectivity index (χ3n) is 4.49. The Hall–Kier alpha value is -1.01. The molecule has 4 nitrogen and oxygen atoms in total. The van der Waals surface area contributed by atoms with Crippen molar-refractivity contribution in [2.45, 2.75) is 18.7 Å². The monoisotopic (exact) mass is 289 g/mol. The van der Waals surface area contributed by atoms with E-state index in [1.165, 1.54) is 10.3 Å². The van der Waals surface area contributed by atoms with Gasteiger partial charge in [0.05, 0.1) is 28.4 Å². The van der Waals surface area contributed by atoms with Gasteiger partial charge in [0.2, 0.25) is 0 Å². The summed E-state index contributed by atoms with van der Waals surface area (Å²) >= 11 is 1.74. The van der Waals surface area contributed by atoms with Crippen molar-refractivity contribution in [2.24, 2.45) is 0 Å². The van der Waals surface area contributed by atoms with Crippen molar-refractivity contribution in [3.8, 4) is 0 Å². The molecule has 3 heterocycles. The van der Waals surface area contributed by atoms with Gasteiger partial charge in [-0.2, -0.15) is 0 Å². The summed E-state index contributed by atoms with van der Waals surface area (Å²) in [6.07, 6.45) is 0.384. The van der Waals surface area contributed by atoms with Crippen LogP contribution in [0.4, 0.5) is 0 Å². The Kier molecular flexibility index (Phi) is 3.22. The van der Waals surface area contributed by atoms with Gasteiger partial charge in [0.25, 0.3) is 0 Å². The first-order valence-corrected chi connectivity index (χ1v) is 8.04. The number of likely N-dealkylation sites (tertiary alicyclic amines) is 1. The Balaban J connectivity index is 1.54. The lowest BCUT2D eigenvalue weighted by atomic mass is 10.1. The Morgan fingerprint density at radius 2 is 2.35 bits per heavy atom. The summed E-state index contributed by atoms with van der Waals surface area (Å²) in [7, 11) is 2.22. The molecule has 2 atom stereocenters. The molecule has 5 heteroatoms. The number of rotatable bonds is 2. The SMILES string of the molecule is CN1CCO[C@H]2CN(Cc3cccc4ncsc34)C[C@@H]21. The lowest BCUT2D eigenvalue weighted by Gasteiger charge is -2.33. The number of morpholine rings is 1. The van der Waals surface area contributed by atoms with E-state index in [-0.39, 0.29) is 0 Å². The zero-order valence-corrected chi connectivity index (χ0v) is 12.5. The maximum Gasteiger partial charge on any atom is 0.0869 e. The molecule has 0 N–H and O–H groups in total. The zero-order chi connectivity index (χ0) is 13.5. The summed E-state index contributed by atoms with van der Waals surface area (Å²) in [5, 5.41) is 0. The largest absolute Gasteiger partial charge is 0.374 e. The molecule has 1 aromatic heterocycles. The number of benzene rings is 1. The number of hydrogen-bond donors (Lipinski definition) is 0.